The lowest BCUT2D eigenvalue weighted by molar-refractivity contribution is -0.154. The van der Waals surface area contributed by atoms with Crippen molar-refractivity contribution >= 4 is 0 Å². The summed E-state index contributed by atoms with van der Waals surface area (Å²) in [5.41, 5.74) is 0.857. The Balaban J connectivity index is 2.61. The summed E-state index contributed by atoms with van der Waals surface area (Å²) in [6.07, 6.45) is -1.90. The van der Waals surface area contributed by atoms with Gasteiger partial charge in [-0.2, -0.15) is 13.2 Å². The number of aromatic nitrogens is 1. The highest BCUT2D eigenvalue weighted by molar-refractivity contribution is 5.23. The first-order valence-electron chi connectivity index (χ1n) is 5.81. The van der Waals surface area contributed by atoms with Crippen LogP contribution in [0.4, 0.5) is 13.2 Å². The summed E-state index contributed by atoms with van der Waals surface area (Å²) in [6, 6.07) is 3.34. The number of ether oxygens (including phenoxy) is 1. The van der Waals surface area contributed by atoms with Gasteiger partial charge in [-0.25, -0.2) is 4.98 Å². The lowest BCUT2D eigenvalue weighted by atomic mass is 10.1. The van der Waals surface area contributed by atoms with Crippen molar-refractivity contribution in [2.24, 2.45) is 0 Å². The molecule has 0 aliphatic carbocycles. The summed E-state index contributed by atoms with van der Waals surface area (Å²) < 4.78 is 40.6. The van der Waals surface area contributed by atoms with E-state index in [9.17, 15) is 13.2 Å². The van der Waals surface area contributed by atoms with Crippen LogP contribution in [0.2, 0.25) is 0 Å². The Bertz CT molecular complexity index is 369. The summed E-state index contributed by atoms with van der Waals surface area (Å²) in [7, 11) is 0. The van der Waals surface area contributed by atoms with Gasteiger partial charge in [-0.3, -0.25) is 0 Å². The fraction of sp³-hybridized carbons (Fsp3) is 0.583. The van der Waals surface area contributed by atoms with Crippen molar-refractivity contribution in [3.63, 3.8) is 0 Å². The number of pyridine rings is 1. The van der Waals surface area contributed by atoms with E-state index in [4.69, 9.17) is 0 Å². The fourth-order valence-electron chi connectivity index (χ4n) is 1.41. The number of rotatable bonds is 6. The molecule has 0 aliphatic heterocycles. The summed E-state index contributed by atoms with van der Waals surface area (Å²) in [6.45, 7) is 3.52. The van der Waals surface area contributed by atoms with Crippen LogP contribution in [0.15, 0.2) is 18.3 Å². The van der Waals surface area contributed by atoms with E-state index in [1.165, 1.54) is 12.3 Å². The second-order valence-electron chi connectivity index (χ2n) is 4.01. The average molecular weight is 262 g/mol. The second kappa shape index (κ2) is 6.58. The zero-order chi connectivity index (χ0) is 13.6. The first kappa shape index (κ1) is 14.8. The van der Waals surface area contributed by atoms with Crippen LogP contribution in [0.3, 0.4) is 0 Å². The fourth-order valence-corrected chi connectivity index (χ4v) is 1.41. The van der Waals surface area contributed by atoms with Gasteiger partial charge in [0.15, 0.2) is 6.61 Å². The molecule has 0 fully saturated rings. The maximum atomic E-state index is 12.0. The van der Waals surface area contributed by atoms with Crippen LogP contribution in [0.1, 0.15) is 31.9 Å². The Morgan fingerprint density at radius 3 is 2.78 bits per heavy atom. The van der Waals surface area contributed by atoms with E-state index in [1.807, 2.05) is 13.8 Å². The van der Waals surface area contributed by atoms with Crippen molar-refractivity contribution in [3.05, 3.63) is 23.9 Å². The first-order valence-corrected chi connectivity index (χ1v) is 5.81. The van der Waals surface area contributed by atoms with Crippen molar-refractivity contribution in [1.82, 2.24) is 10.3 Å². The molecule has 0 bridgehead atoms. The van der Waals surface area contributed by atoms with Gasteiger partial charge >= 0.3 is 6.18 Å². The lowest BCUT2D eigenvalue weighted by Crippen LogP contribution is -2.21. The standard InChI is InChI=1S/C12H17F3N2O/c1-3-5-16-9(2)10-4-6-17-11(7-10)18-8-12(13,14)15/h4,6-7,9,16H,3,5,8H2,1-2H3. The van der Waals surface area contributed by atoms with Crippen LogP contribution in [-0.4, -0.2) is 24.3 Å². The molecule has 1 heterocycles. The third-order valence-corrected chi connectivity index (χ3v) is 2.34. The monoisotopic (exact) mass is 262 g/mol. The third-order valence-electron chi connectivity index (χ3n) is 2.34. The van der Waals surface area contributed by atoms with Gasteiger partial charge in [0.25, 0.3) is 0 Å². The highest BCUT2D eigenvalue weighted by Crippen LogP contribution is 2.20. The summed E-state index contributed by atoms with van der Waals surface area (Å²) in [5.74, 6) is -0.00465. The van der Waals surface area contributed by atoms with Gasteiger partial charge in [0, 0.05) is 18.3 Å². The molecule has 1 unspecified atom stereocenters. The molecule has 0 saturated heterocycles. The molecule has 0 amide bonds. The molecule has 1 aromatic rings. The predicted octanol–water partition coefficient (Wildman–Crippen LogP) is 3.08. The van der Waals surface area contributed by atoms with Gasteiger partial charge in [-0.1, -0.05) is 6.92 Å². The van der Waals surface area contributed by atoms with Crippen molar-refractivity contribution in [2.45, 2.75) is 32.5 Å². The van der Waals surface area contributed by atoms with E-state index in [1.54, 1.807) is 6.07 Å². The minimum atomic E-state index is -4.34. The predicted molar refractivity (Wildman–Crippen MR) is 62.5 cm³/mol. The maximum Gasteiger partial charge on any atom is 0.422 e. The quantitative estimate of drug-likeness (QED) is 0.855. The minimum absolute atomic E-state index is 0.00465. The molecular weight excluding hydrogens is 245 g/mol. The van der Waals surface area contributed by atoms with E-state index in [0.717, 1.165) is 18.5 Å². The third kappa shape index (κ3) is 5.35. The number of nitrogens with zero attached hydrogens (tertiary/aromatic N) is 1. The molecule has 1 rings (SSSR count). The Morgan fingerprint density at radius 1 is 1.44 bits per heavy atom. The zero-order valence-electron chi connectivity index (χ0n) is 10.4. The molecule has 18 heavy (non-hydrogen) atoms. The van der Waals surface area contributed by atoms with Gasteiger partial charge in [0.2, 0.25) is 5.88 Å². The normalized spacial score (nSPS) is 13.4. The van der Waals surface area contributed by atoms with Gasteiger partial charge in [-0.15, -0.1) is 0 Å². The topological polar surface area (TPSA) is 34.2 Å². The van der Waals surface area contributed by atoms with Gasteiger partial charge in [-0.05, 0) is 31.5 Å². The van der Waals surface area contributed by atoms with Crippen LogP contribution in [0.25, 0.3) is 0 Å². The second-order valence-corrected chi connectivity index (χ2v) is 4.01. The number of halogens is 3. The minimum Gasteiger partial charge on any atom is -0.468 e. The van der Waals surface area contributed by atoms with E-state index in [-0.39, 0.29) is 11.9 Å². The number of hydrogen-bond acceptors (Lipinski definition) is 3. The van der Waals surface area contributed by atoms with Gasteiger partial charge in [0.1, 0.15) is 0 Å². The maximum absolute atomic E-state index is 12.0. The smallest absolute Gasteiger partial charge is 0.422 e. The molecule has 1 atom stereocenters. The number of hydrogen-bond donors (Lipinski definition) is 1. The van der Waals surface area contributed by atoms with Gasteiger partial charge in [0.05, 0.1) is 0 Å². The summed E-state index contributed by atoms with van der Waals surface area (Å²) >= 11 is 0. The van der Waals surface area contributed by atoms with Crippen LogP contribution >= 0.6 is 0 Å². The van der Waals surface area contributed by atoms with Crippen LogP contribution in [0.5, 0.6) is 5.88 Å². The Kier molecular flexibility index (Phi) is 5.40. The zero-order valence-corrected chi connectivity index (χ0v) is 10.4. The molecule has 6 heteroatoms. The van der Waals surface area contributed by atoms with E-state index >= 15 is 0 Å². The molecule has 0 aliphatic rings. The summed E-state index contributed by atoms with van der Waals surface area (Å²) in [5, 5.41) is 3.24. The lowest BCUT2D eigenvalue weighted by Gasteiger charge is -2.14. The molecule has 102 valence electrons. The average Bonchev–Trinajstić information content (AvgIpc) is 2.33. The highest BCUT2D eigenvalue weighted by atomic mass is 19.4. The molecule has 3 nitrogen and oxygen atoms in total. The molecule has 1 N–H and O–H groups in total. The molecule has 1 aromatic heterocycles. The molecule has 0 radical (unpaired) electrons. The number of nitrogens with one attached hydrogen (secondary N) is 1. The van der Waals surface area contributed by atoms with E-state index in [2.05, 4.69) is 15.0 Å². The summed E-state index contributed by atoms with van der Waals surface area (Å²) in [4.78, 5) is 3.76. The van der Waals surface area contributed by atoms with Crippen molar-refractivity contribution in [1.29, 1.82) is 0 Å². The van der Waals surface area contributed by atoms with E-state index < -0.39 is 12.8 Å². The Labute approximate surface area is 104 Å². The van der Waals surface area contributed by atoms with Crippen molar-refractivity contribution < 1.29 is 17.9 Å². The molecule has 0 aromatic carbocycles. The Morgan fingerprint density at radius 2 is 2.17 bits per heavy atom. The van der Waals surface area contributed by atoms with Crippen molar-refractivity contribution in [3.8, 4) is 5.88 Å². The number of alkyl halides is 3. The molecular formula is C12H17F3N2O. The largest absolute Gasteiger partial charge is 0.468 e. The SMILES string of the molecule is CCCNC(C)c1ccnc(OCC(F)(F)F)c1. The highest BCUT2D eigenvalue weighted by Gasteiger charge is 2.28. The molecule has 0 saturated carbocycles. The first-order chi connectivity index (χ1) is 8.42. The van der Waals surface area contributed by atoms with Crippen LogP contribution in [-0.2, 0) is 0 Å². The molecule has 0 spiro atoms. The van der Waals surface area contributed by atoms with E-state index in [0.29, 0.717) is 0 Å². The van der Waals surface area contributed by atoms with Gasteiger partial charge < -0.3 is 10.1 Å². The van der Waals surface area contributed by atoms with Crippen LogP contribution < -0.4 is 10.1 Å². The van der Waals surface area contributed by atoms with Crippen molar-refractivity contribution in [2.75, 3.05) is 13.2 Å². The van der Waals surface area contributed by atoms with Crippen LogP contribution in [0, 0.1) is 0 Å². The Hall–Kier alpha value is -1.30.